The first kappa shape index (κ1) is 9.79. The fourth-order valence-corrected chi connectivity index (χ4v) is 1.41. The molecule has 1 rings (SSSR count). The van der Waals surface area contributed by atoms with E-state index in [0.29, 0.717) is 5.92 Å². The van der Waals surface area contributed by atoms with Gasteiger partial charge in [-0.2, -0.15) is 0 Å². The zero-order valence-electron chi connectivity index (χ0n) is 7.98. The SMILES string of the molecule is [CH]=CC(c1ccccc1)C(C)C=C. The molecule has 0 saturated heterocycles. The van der Waals surface area contributed by atoms with Crippen LogP contribution >= 0.6 is 0 Å². The monoisotopic (exact) mass is 171 g/mol. The summed E-state index contributed by atoms with van der Waals surface area (Å²) in [5.74, 6) is 0.658. The summed E-state index contributed by atoms with van der Waals surface area (Å²) in [5.41, 5.74) is 1.25. The first-order valence-electron chi connectivity index (χ1n) is 4.52. The lowest BCUT2D eigenvalue weighted by Crippen LogP contribution is -2.03. The number of allylic oxidation sites excluding steroid dienone is 2. The van der Waals surface area contributed by atoms with Crippen LogP contribution in [0.15, 0.2) is 49.1 Å². The van der Waals surface area contributed by atoms with Gasteiger partial charge in [-0.25, -0.2) is 0 Å². The van der Waals surface area contributed by atoms with Crippen molar-refractivity contribution < 1.29 is 0 Å². The second-order valence-corrected chi connectivity index (χ2v) is 3.22. The molecule has 0 heterocycles. The van der Waals surface area contributed by atoms with Crippen LogP contribution in [0.2, 0.25) is 0 Å². The molecule has 0 aliphatic rings. The molecule has 0 heteroatoms. The molecular weight excluding hydrogens is 156 g/mol. The normalized spacial score (nSPS) is 14.5. The molecule has 0 N–H and O–H groups in total. The number of hydrogen-bond acceptors (Lipinski definition) is 0. The lowest BCUT2D eigenvalue weighted by Gasteiger charge is -2.17. The van der Waals surface area contributed by atoms with E-state index in [1.807, 2.05) is 24.3 Å². The van der Waals surface area contributed by atoms with Crippen molar-refractivity contribution in [3.8, 4) is 0 Å². The van der Waals surface area contributed by atoms with Crippen molar-refractivity contribution in [2.75, 3.05) is 0 Å². The largest absolute Gasteiger partial charge is 0.103 e. The Hall–Kier alpha value is -1.30. The molecule has 2 unspecified atom stereocenters. The Kier molecular flexibility index (Phi) is 3.51. The highest BCUT2D eigenvalue weighted by molar-refractivity contribution is 5.24. The lowest BCUT2D eigenvalue weighted by atomic mass is 9.87. The first-order valence-corrected chi connectivity index (χ1v) is 4.52. The fourth-order valence-electron chi connectivity index (χ4n) is 1.41. The molecule has 0 bridgehead atoms. The van der Waals surface area contributed by atoms with E-state index in [1.54, 1.807) is 6.08 Å². The highest BCUT2D eigenvalue weighted by atomic mass is 14.2. The van der Waals surface area contributed by atoms with Gasteiger partial charge in [0.1, 0.15) is 0 Å². The van der Waals surface area contributed by atoms with Crippen LogP contribution in [-0.2, 0) is 0 Å². The summed E-state index contributed by atoms with van der Waals surface area (Å²) in [5, 5.41) is 0. The molecule has 1 aromatic rings. The van der Waals surface area contributed by atoms with Crippen LogP contribution in [0.25, 0.3) is 0 Å². The molecule has 0 aliphatic heterocycles. The Labute approximate surface area is 80.6 Å². The molecule has 0 fully saturated rings. The Morgan fingerprint density at radius 1 is 1.31 bits per heavy atom. The predicted octanol–water partition coefficient (Wildman–Crippen LogP) is 3.58. The first-order chi connectivity index (χ1) is 6.29. The highest BCUT2D eigenvalue weighted by Crippen LogP contribution is 2.25. The number of benzene rings is 1. The van der Waals surface area contributed by atoms with Crippen molar-refractivity contribution in [2.24, 2.45) is 5.92 Å². The van der Waals surface area contributed by atoms with Crippen molar-refractivity contribution in [1.29, 1.82) is 0 Å². The standard InChI is InChI=1S/C13H15/c1-4-11(3)13(5-2)12-9-7-6-8-10-12/h2,4-11,13H,1H2,3H3. The van der Waals surface area contributed by atoms with Crippen molar-refractivity contribution in [1.82, 2.24) is 0 Å². The smallest absolute Gasteiger partial charge is 0.00811 e. The van der Waals surface area contributed by atoms with Gasteiger partial charge in [0.2, 0.25) is 0 Å². The molecule has 0 aliphatic carbocycles. The molecule has 0 amide bonds. The molecule has 1 radical (unpaired) electrons. The van der Waals surface area contributed by atoms with Crippen LogP contribution in [0.3, 0.4) is 0 Å². The minimum atomic E-state index is 0.277. The van der Waals surface area contributed by atoms with E-state index in [9.17, 15) is 0 Å². The highest BCUT2D eigenvalue weighted by Gasteiger charge is 2.11. The molecule has 67 valence electrons. The summed E-state index contributed by atoms with van der Waals surface area (Å²) in [6.07, 6.45) is 3.67. The number of hydrogen-bond donors (Lipinski definition) is 0. The zero-order chi connectivity index (χ0) is 9.68. The Bertz CT molecular complexity index is 271. The summed E-state index contributed by atoms with van der Waals surface area (Å²) in [6.45, 7) is 11.5. The van der Waals surface area contributed by atoms with Gasteiger partial charge in [0.15, 0.2) is 0 Å². The topological polar surface area (TPSA) is 0 Å². The third-order valence-corrected chi connectivity index (χ3v) is 2.33. The molecule has 0 spiro atoms. The van der Waals surface area contributed by atoms with E-state index >= 15 is 0 Å². The Morgan fingerprint density at radius 3 is 2.38 bits per heavy atom. The second-order valence-electron chi connectivity index (χ2n) is 3.22. The van der Waals surface area contributed by atoms with Gasteiger partial charge in [-0.3, -0.25) is 0 Å². The Balaban J connectivity index is 2.90. The molecular formula is C13H15. The summed E-state index contributed by atoms with van der Waals surface area (Å²) < 4.78 is 0. The zero-order valence-corrected chi connectivity index (χ0v) is 7.98. The molecule has 0 saturated carbocycles. The summed E-state index contributed by atoms with van der Waals surface area (Å²) in [6, 6.07) is 10.3. The van der Waals surface area contributed by atoms with Crippen LogP contribution in [0, 0.1) is 12.5 Å². The molecule has 1 aromatic carbocycles. The summed E-state index contributed by atoms with van der Waals surface area (Å²) >= 11 is 0. The van der Waals surface area contributed by atoms with E-state index in [4.69, 9.17) is 6.58 Å². The minimum Gasteiger partial charge on any atom is -0.103 e. The summed E-state index contributed by atoms with van der Waals surface area (Å²) in [4.78, 5) is 0. The van der Waals surface area contributed by atoms with Crippen LogP contribution in [-0.4, -0.2) is 0 Å². The number of rotatable bonds is 4. The van der Waals surface area contributed by atoms with Gasteiger partial charge in [0, 0.05) is 5.92 Å². The van der Waals surface area contributed by atoms with Crippen LogP contribution < -0.4 is 0 Å². The molecule has 0 nitrogen and oxygen atoms in total. The van der Waals surface area contributed by atoms with Crippen molar-refractivity contribution in [3.63, 3.8) is 0 Å². The van der Waals surface area contributed by atoms with Gasteiger partial charge in [-0.15, -0.1) is 6.58 Å². The maximum Gasteiger partial charge on any atom is 0.00811 e. The lowest BCUT2D eigenvalue weighted by molar-refractivity contribution is 0.644. The van der Waals surface area contributed by atoms with Gasteiger partial charge < -0.3 is 0 Å². The predicted molar refractivity (Wildman–Crippen MR) is 57.4 cm³/mol. The van der Waals surface area contributed by atoms with Crippen molar-refractivity contribution >= 4 is 0 Å². The molecule has 2 atom stereocenters. The van der Waals surface area contributed by atoms with Crippen LogP contribution in [0.1, 0.15) is 18.4 Å². The third kappa shape index (κ3) is 2.32. The van der Waals surface area contributed by atoms with E-state index in [2.05, 4.69) is 25.6 Å². The van der Waals surface area contributed by atoms with E-state index < -0.39 is 0 Å². The van der Waals surface area contributed by atoms with Crippen LogP contribution in [0.5, 0.6) is 0 Å². The second kappa shape index (κ2) is 4.66. The average molecular weight is 171 g/mol. The van der Waals surface area contributed by atoms with Crippen molar-refractivity contribution in [2.45, 2.75) is 12.8 Å². The van der Waals surface area contributed by atoms with Gasteiger partial charge in [-0.05, 0) is 11.5 Å². The van der Waals surface area contributed by atoms with Gasteiger partial charge in [-0.1, -0.05) is 56.0 Å². The molecule has 0 aromatic heterocycles. The van der Waals surface area contributed by atoms with Gasteiger partial charge in [0.05, 0.1) is 0 Å². The quantitative estimate of drug-likeness (QED) is 0.607. The third-order valence-electron chi connectivity index (χ3n) is 2.33. The van der Waals surface area contributed by atoms with E-state index in [1.165, 1.54) is 5.56 Å². The maximum atomic E-state index is 5.61. The van der Waals surface area contributed by atoms with E-state index in [-0.39, 0.29) is 5.92 Å². The minimum absolute atomic E-state index is 0.277. The Morgan fingerprint density at radius 2 is 1.92 bits per heavy atom. The molecule has 13 heavy (non-hydrogen) atoms. The average Bonchev–Trinajstić information content (AvgIpc) is 2.20. The van der Waals surface area contributed by atoms with Crippen LogP contribution in [0.4, 0.5) is 0 Å². The van der Waals surface area contributed by atoms with Gasteiger partial charge >= 0.3 is 0 Å². The van der Waals surface area contributed by atoms with Gasteiger partial charge in [0.25, 0.3) is 0 Å². The fraction of sp³-hybridized carbons (Fsp3) is 0.231. The summed E-state index contributed by atoms with van der Waals surface area (Å²) in [7, 11) is 0. The van der Waals surface area contributed by atoms with E-state index in [0.717, 1.165) is 0 Å². The van der Waals surface area contributed by atoms with Crippen molar-refractivity contribution in [3.05, 3.63) is 61.2 Å². The maximum absolute atomic E-state index is 5.61.